The van der Waals surface area contributed by atoms with Crippen LogP contribution in [0.1, 0.15) is 46.0 Å². The van der Waals surface area contributed by atoms with Gasteiger partial charge in [-0.2, -0.15) is 0 Å². The van der Waals surface area contributed by atoms with Crippen LogP contribution in [0.25, 0.3) is 0 Å². The van der Waals surface area contributed by atoms with Crippen molar-refractivity contribution < 1.29 is 0 Å². The van der Waals surface area contributed by atoms with Gasteiger partial charge in [-0.25, -0.2) is 0 Å². The van der Waals surface area contributed by atoms with Gasteiger partial charge in [0.2, 0.25) is 0 Å². The average Bonchev–Trinajstić information content (AvgIpc) is 2.78. The molecule has 1 heteroatoms. The highest BCUT2D eigenvalue weighted by molar-refractivity contribution is 5.12. The number of hydrogen-bond acceptors (Lipinski definition) is 1. The second kappa shape index (κ2) is 2.47. The molecule has 0 aromatic rings. The first kappa shape index (κ1) is 8.55. The fourth-order valence-corrected chi connectivity index (χ4v) is 3.19. The molecule has 2 rings (SSSR count). The van der Waals surface area contributed by atoms with Gasteiger partial charge in [0.15, 0.2) is 0 Å². The van der Waals surface area contributed by atoms with Crippen molar-refractivity contribution in [2.75, 3.05) is 13.6 Å². The van der Waals surface area contributed by atoms with E-state index in [1.807, 2.05) is 0 Å². The summed E-state index contributed by atoms with van der Waals surface area (Å²) in [5, 5.41) is 0. The zero-order chi connectivity index (χ0) is 8.82. The van der Waals surface area contributed by atoms with Crippen LogP contribution in [0, 0.1) is 5.41 Å². The quantitative estimate of drug-likeness (QED) is 0.611. The zero-order valence-electron chi connectivity index (χ0n) is 8.69. The summed E-state index contributed by atoms with van der Waals surface area (Å²) >= 11 is 0. The molecule has 1 heterocycles. The van der Waals surface area contributed by atoms with Gasteiger partial charge in [0.05, 0.1) is 0 Å². The molecule has 1 saturated heterocycles. The van der Waals surface area contributed by atoms with Crippen LogP contribution >= 0.6 is 0 Å². The molecule has 1 aliphatic carbocycles. The average molecular weight is 167 g/mol. The van der Waals surface area contributed by atoms with Gasteiger partial charge < -0.3 is 4.90 Å². The topological polar surface area (TPSA) is 3.24 Å². The first-order valence-electron chi connectivity index (χ1n) is 5.36. The van der Waals surface area contributed by atoms with Gasteiger partial charge in [-0.1, -0.05) is 6.92 Å². The van der Waals surface area contributed by atoms with Crippen LogP contribution in [0.3, 0.4) is 0 Å². The molecule has 0 aromatic heterocycles. The van der Waals surface area contributed by atoms with Crippen molar-refractivity contribution >= 4 is 0 Å². The van der Waals surface area contributed by atoms with E-state index in [9.17, 15) is 0 Å². The van der Waals surface area contributed by atoms with Crippen LogP contribution in [-0.4, -0.2) is 24.0 Å². The molecule has 1 nitrogen and oxygen atoms in total. The predicted molar refractivity (Wildman–Crippen MR) is 52.2 cm³/mol. The fraction of sp³-hybridized carbons (Fsp3) is 1.00. The van der Waals surface area contributed by atoms with Gasteiger partial charge in [-0.05, 0) is 58.0 Å². The van der Waals surface area contributed by atoms with Gasteiger partial charge in [0, 0.05) is 5.54 Å². The summed E-state index contributed by atoms with van der Waals surface area (Å²) in [5.41, 5.74) is 1.25. The second-order valence-electron chi connectivity index (χ2n) is 4.93. The zero-order valence-corrected chi connectivity index (χ0v) is 8.69. The summed E-state index contributed by atoms with van der Waals surface area (Å²) in [7, 11) is 2.31. The monoisotopic (exact) mass is 167 g/mol. The van der Waals surface area contributed by atoms with Gasteiger partial charge in [0.1, 0.15) is 0 Å². The van der Waals surface area contributed by atoms with E-state index in [-0.39, 0.29) is 0 Å². The maximum Gasteiger partial charge on any atom is 0.0234 e. The minimum atomic E-state index is 0.543. The highest BCUT2D eigenvalue weighted by Crippen LogP contribution is 2.61. The Morgan fingerprint density at radius 2 is 1.92 bits per heavy atom. The van der Waals surface area contributed by atoms with Crippen molar-refractivity contribution in [1.82, 2.24) is 4.90 Å². The summed E-state index contributed by atoms with van der Waals surface area (Å²) in [6, 6.07) is 0. The van der Waals surface area contributed by atoms with Gasteiger partial charge in [-0.3, -0.25) is 0 Å². The molecule has 0 radical (unpaired) electrons. The van der Waals surface area contributed by atoms with E-state index in [1.165, 1.54) is 38.6 Å². The lowest BCUT2D eigenvalue weighted by molar-refractivity contribution is 0.0951. The Morgan fingerprint density at radius 3 is 2.25 bits per heavy atom. The van der Waals surface area contributed by atoms with Crippen molar-refractivity contribution in [3.05, 3.63) is 0 Å². The van der Waals surface area contributed by atoms with Crippen LogP contribution in [0.15, 0.2) is 0 Å². The van der Waals surface area contributed by atoms with Crippen molar-refractivity contribution in [2.45, 2.75) is 51.5 Å². The lowest BCUT2D eigenvalue weighted by Gasteiger charge is -2.40. The lowest BCUT2D eigenvalue weighted by Crippen LogP contribution is -2.46. The highest BCUT2D eigenvalue weighted by Gasteiger charge is 2.58. The number of nitrogens with zero attached hydrogens (tertiary/aromatic N) is 1. The van der Waals surface area contributed by atoms with E-state index in [0.717, 1.165) is 0 Å². The summed E-state index contributed by atoms with van der Waals surface area (Å²) in [6.07, 6.45) is 7.18. The molecule has 0 N–H and O–H groups in total. The fourth-order valence-electron chi connectivity index (χ4n) is 3.19. The number of rotatable bonds is 2. The molecule has 1 saturated carbocycles. The molecule has 0 spiro atoms. The molecular formula is C11H21N. The Bertz CT molecular complexity index is 183. The van der Waals surface area contributed by atoms with Crippen molar-refractivity contribution in [1.29, 1.82) is 0 Å². The molecule has 0 bridgehead atoms. The van der Waals surface area contributed by atoms with Crippen LogP contribution in [0.5, 0.6) is 0 Å². The Hall–Kier alpha value is -0.0400. The van der Waals surface area contributed by atoms with Gasteiger partial charge in [-0.15, -0.1) is 0 Å². The first-order chi connectivity index (χ1) is 5.65. The van der Waals surface area contributed by atoms with Crippen LogP contribution in [0.2, 0.25) is 0 Å². The second-order valence-corrected chi connectivity index (χ2v) is 4.93. The summed E-state index contributed by atoms with van der Waals surface area (Å²) in [4.78, 5) is 2.60. The predicted octanol–water partition coefficient (Wildman–Crippen LogP) is 2.66. The van der Waals surface area contributed by atoms with Crippen molar-refractivity contribution in [2.24, 2.45) is 5.41 Å². The molecule has 1 unspecified atom stereocenters. The number of likely N-dealkylation sites (tertiary alicyclic amines) is 1. The summed E-state index contributed by atoms with van der Waals surface area (Å²) in [6.45, 7) is 6.17. The Labute approximate surface area is 76.1 Å². The molecule has 1 aliphatic heterocycles. The Balaban J connectivity index is 2.19. The third-order valence-electron chi connectivity index (χ3n) is 4.67. The minimum absolute atomic E-state index is 0.543. The van der Waals surface area contributed by atoms with Crippen LogP contribution in [0.4, 0.5) is 0 Å². The molecule has 0 aromatic carbocycles. The normalized spacial score (nSPS) is 40.2. The standard InChI is InChI=1S/C11H21N/c1-4-11(7-8-11)10(2)6-5-9-12(10)3/h4-9H2,1-3H3. The first-order valence-corrected chi connectivity index (χ1v) is 5.36. The molecule has 70 valence electrons. The lowest BCUT2D eigenvalue weighted by atomic mass is 9.78. The van der Waals surface area contributed by atoms with Crippen LogP contribution < -0.4 is 0 Å². The third kappa shape index (κ3) is 0.891. The largest absolute Gasteiger partial charge is 0.300 e. The maximum atomic E-state index is 2.60. The molecule has 12 heavy (non-hydrogen) atoms. The van der Waals surface area contributed by atoms with E-state index < -0.39 is 0 Å². The Kier molecular flexibility index (Phi) is 1.76. The molecule has 2 fully saturated rings. The third-order valence-corrected chi connectivity index (χ3v) is 4.67. The highest BCUT2D eigenvalue weighted by atomic mass is 15.2. The maximum absolute atomic E-state index is 2.60. The van der Waals surface area contributed by atoms with E-state index in [0.29, 0.717) is 11.0 Å². The molecule has 1 atom stereocenters. The minimum Gasteiger partial charge on any atom is -0.300 e. The van der Waals surface area contributed by atoms with E-state index in [2.05, 4.69) is 25.8 Å². The smallest absolute Gasteiger partial charge is 0.0234 e. The van der Waals surface area contributed by atoms with Crippen molar-refractivity contribution in [3.63, 3.8) is 0 Å². The molecule has 0 amide bonds. The summed E-state index contributed by atoms with van der Waals surface area (Å²) < 4.78 is 0. The Morgan fingerprint density at radius 1 is 1.25 bits per heavy atom. The number of hydrogen-bond donors (Lipinski definition) is 0. The van der Waals surface area contributed by atoms with Crippen LogP contribution in [-0.2, 0) is 0 Å². The molecule has 2 aliphatic rings. The SMILES string of the molecule is CCC1(C2(C)CCCN2C)CC1. The van der Waals surface area contributed by atoms with E-state index >= 15 is 0 Å². The summed E-state index contributed by atoms with van der Waals surface area (Å²) in [5.74, 6) is 0. The van der Waals surface area contributed by atoms with Gasteiger partial charge >= 0.3 is 0 Å². The van der Waals surface area contributed by atoms with Gasteiger partial charge in [0.25, 0.3) is 0 Å². The van der Waals surface area contributed by atoms with Crippen molar-refractivity contribution in [3.8, 4) is 0 Å². The van der Waals surface area contributed by atoms with E-state index in [4.69, 9.17) is 0 Å². The van der Waals surface area contributed by atoms with E-state index in [1.54, 1.807) is 0 Å². The molecular weight excluding hydrogens is 146 g/mol.